The van der Waals surface area contributed by atoms with E-state index in [4.69, 9.17) is 14.2 Å². The van der Waals surface area contributed by atoms with Crippen LogP contribution in [0.4, 0.5) is 0 Å². The summed E-state index contributed by atoms with van der Waals surface area (Å²) in [5.41, 5.74) is 0. The first kappa shape index (κ1) is 65.1. The molecule has 0 saturated carbocycles. The summed E-state index contributed by atoms with van der Waals surface area (Å²) in [4.78, 5) is 26.4. The number of amides is 1. The Hall–Kier alpha value is -2.90. The number of esters is 1. The molecule has 8 unspecified atom stereocenters. The molecule has 70 heavy (non-hydrogen) atoms. The highest BCUT2D eigenvalue weighted by molar-refractivity contribution is 5.80. The van der Waals surface area contributed by atoms with Crippen LogP contribution >= 0.6 is 0 Å². The van der Waals surface area contributed by atoms with Gasteiger partial charge in [0, 0.05) is 6.42 Å². The molecule has 1 fully saturated rings. The van der Waals surface area contributed by atoms with Gasteiger partial charge >= 0.3 is 5.97 Å². The third kappa shape index (κ3) is 35.3. The number of hydrogen-bond acceptors (Lipinski definition) is 10. The van der Waals surface area contributed by atoms with Crippen molar-refractivity contribution in [3.63, 3.8) is 0 Å². The van der Waals surface area contributed by atoms with Crippen molar-refractivity contribution in [2.75, 3.05) is 13.2 Å². The van der Waals surface area contributed by atoms with Crippen LogP contribution in [0.3, 0.4) is 0 Å². The lowest BCUT2D eigenvalue weighted by molar-refractivity contribution is -0.305. The Labute approximate surface area is 426 Å². The van der Waals surface area contributed by atoms with Crippen molar-refractivity contribution in [3.8, 4) is 0 Å². The highest BCUT2D eigenvalue weighted by Gasteiger charge is 2.47. The molecule has 0 aromatic rings. The van der Waals surface area contributed by atoms with Crippen molar-refractivity contribution in [1.82, 2.24) is 5.32 Å². The first-order valence-electron chi connectivity index (χ1n) is 28.3. The Bertz CT molecular complexity index is 1410. The number of hydrogen-bond donors (Lipinski definition) is 6. The summed E-state index contributed by atoms with van der Waals surface area (Å²) in [7, 11) is 0. The van der Waals surface area contributed by atoms with Crippen molar-refractivity contribution in [2.45, 2.75) is 275 Å². The molecule has 11 nitrogen and oxygen atoms in total. The summed E-state index contributed by atoms with van der Waals surface area (Å²) >= 11 is 0. The average Bonchev–Trinajstić information content (AvgIpc) is 3.36. The minimum absolute atomic E-state index is 0.118. The molecule has 0 spiro atoms. The van der Waals surface area contributed by atoms with E-state index in [1.54, 1.807) is 6.08 Å². The fourth-order valence-corrected chi connectivity index (χ4v) is 8.50. The second-order valence-corrected chi connectivity index (χ2v) is 19.4. The number of nitrogens with one attached hydrogen (secondary N) is 1. The maximum absolute atomic E-state index is 13.3. The van der Waals surface area contributed by atoms with Crippen molar-refractivity contribution in [1.29, 1.82) is 0 Å². The molecule has 0 aliphatic carbocycles. The lowest BCUT2D eigenvalue weighted by Gasteiger charge is -2.41. The number of aliphatic hydroxyl groups excluding tert-OH is 5. The molecule has 0 radical (unpaired) electrons. The number of carbonyl (C=O) groups excluding carboxylic acids is 2. The van der Waals surface area contributed by atoms with Gasteiger partial charge in [0.1, 0.15) is 24.4 Å². The van der Waals surface area contributed by atoms with E-state index in [1.807, 2.05) is 60.8 Å². The molecule has 1 saturated heterocycles. The molecule has 0 bridgehead atoms. The van der Waals surface area contributed by atoms with Gasteiger partial charge in [-0.15, -0.1) is 0 Å². The van der Waals surface area contributed by atoms with Gasteiger partial charge in [-0.1, -0.05) is 248 Å². The van der Waals surface area contributed by atoms with E-state index < -0.39 is 67.4 Å². The van der Waals surface area contributed by atoms with Crippen LogP contribution in [0.25, 0.3) is 0 Å². The average molecular weight is 986 g/mol. The van der Waals surface area contributed by atoms with Crippen LogP contribution in [0.15, 0.2) is 72.9 Å². The Balaban J connectivity index is 2.78. The first-order chi connectivity index (χ1) is 34.2. The maximum Gasteiger partial charge on any atom is 0.306 e. The van der Waals surface area contributed by atoms with Crippen LogP contribution in [0.2, 0.25) is 0 Å². The van der Waals surface area contributed by atoms with Gasteiger partial charge < -0.3 is 45.1 Å². The van der Waals surface area contributed by atoms with Crippen molar-refractivity contribution in [3.05, 3.63) is 72.9 Å². The van der Waals surface area contributed by atoms with Gasteiger partial charge in [-0.25, -0.2) is 0 Å². The lowest BCUT2D eigenvalue weighted by atomic mass is 9.99. The molecule has 6 N–H and O–H groups in total. The summed E-state index contributed by atoms with van der Waals surface area (Å²) in [5, 5.41) is 56.7. The van der Waals surface area contributed by atoms with E-state index in [0.717, 1.165) is 64.2 Å². The number of rotatable bonds is 46. The predicted octanol–water partition coefficient (Wildman–Crippen LogP) is 12.4. The summed E-state index contributed by atoms with van der Waals surface area (Å²) in [6.07, 6.45) is 48.0. The summed E-state index contributed by atoms with van der Waals surface area (Å²) in [5.74, 6) is -1.24. The van der Waals surface area contributed by atoms with E-state index in [9.17, 15) is 35.1 Å². The summed E-state index contributed by atoms with van der Waals surface area (Å²) in [6.45, 7) is 5.60. The molecule has 0 aromatic heterocycles. The van der Waals surface area contributed by atoms with E-state index in [-0.39, 0.29) is 19.4 Å². The minimum atomic E-state index is -1.62. The maximum atomic E-state index is 13.3. The highest BCUT2D eigenvalue weighted by atomic mass is 16.7. The Morgan fingerprint density at radius 3 is 1.54 bits per heavy atom. The van der Waals surface area contributed by atoms with E-state index in [2.05, 4.69) is 32.2 Å². The van der Waals surface area contributed by atoms with Crippen molar-refractivity contribution in [2.24, 2.45) is 0 Å². The van der Waals surface area contributed by atoms with Gasteiger partial charge in [0.2, 0.25) is 5.91 Å². The second-order valence-electron chi connectivity index (χ2n) is 19.4. The van der Waals surface area contributed by atoms with Crippen LogP contribution in [0.5, 0.6) is 0 Å². The van der Waals surface area contributed by atoms with E-state index in [1.165, 1.54) is 116 Å². The summed E-state index contributed by atoms with van der Waals surface area (Å²) in [6, 6.07) is -1.05. The Kier molecular flexibility index (Phi) is 43.8. The third-order valence-electron chi connectivity index (χ3n) is 13.0. The van der Waals surface area contributed by atoms with Crippen molar-refractivity contribution >= 4 is 11.9 Å². The SMILES string of the molecule is CC/C=C/C=C/C=C\C=C/C=C/CCCCC(O)C(=O)NC(COC1OC(CO)C(O)C(O)C1OC(=O)CCCCCCCCCCCCCCCCC)C(O)/C=C/CCCCCCCCCCCC. The highest BCUT2D eigenvalue weighted by Crippen LogP contribution is 2.26. The molecule has 1 rings (SSSR count). The van der Waals surface area contributed by atoms with Crippen LogP contribution in [0.1, 0.15) is 226 Å². The van der Waals surface area contributed by atoms with Gasteiger partial charge in [0.05, 0.1) is 25.4 Å². The zero-order chi connectivity index (χ0) is 51.1. The van der Waals surface area contributed by atoms with Crippen LogP contribution in [-0.2, 0) is 23.8 Å². The molecular weight excluding hydrogens is 883 g/mol. The number of carbonyl (C=O) groups is 2. The quantitative estimate of drug-likeness (QED) is 0.0149. The number of unbranched alkanes of at least 4 members (excludes halogenated alkanes) is 26. The minimum Gasteiger partial charge on any atom is -0.454 e. The normalized spacial score (nSPS) is 20.3. The molecule has 1 aliphatic rings. The molecular formula is C59H103NO10. The Morgan fingerprint density at radius 2 is 1.03 bits per heavy atom. The molecule has 0 aromatic carbocycles. The van der Waals surface area contributed by atoms with Crippen LogP contribution in [0, 0.1) is 0 Å². The predicted molar refractivity (Wildman–Crippen MR) is 287 cm³/mol. The largest absolute Gasteiger partial charge is 0.454 e. The van der Waals surface area contributed by atoms with Gasteiger partial charge in [0.15, 0.2) is 12.4 Å². The smallest absolute Gasteiger partial charge is 0.306 e. The zero-order valence-corrected chi connectivity index (χ0v) is 44.4. The second kappa shape index (κ2) is 47.1. The Morgan fingerprint density at radius 1 is 0.571 bits per heavy atom. The standard InChI is InChI=1S/C59H103NO10/c1-4-7-10-13-16-19-22-25-27-29-32-35-38-41-44-47-54(64)70-57-56(66)55(65)53(48-61)69-59(57)68-49-50(51(62)45-42-39-36-33-30-24-21-18-15-12-9-6-3)60-58(67)52(63)46-43-40-37-34-31-28-26-23-20-17-14-11-8-5-2/h8,11,14,17,20,23,26,28,31,34,42,45,50-53,55-57,59,61-63,65-66H,4-7,9-10,12-13,15-16,18-19,21-22,24-25,27,29-30,32-33,35-41,43-44,46-49H2,1-3H3,(H,60,67)/b11-8+,17-14+,23-20-,28-26-,34-31+,45-42+. The fourth-order valence-electron chi connectivity index (χ4n) is 8.50. The van der Waals surface area contributed by atoms with E-state index in [0.29, 0.717) is 12.8 Å². The van der Waals surface area contributed by atoms with Crippen LogP contribution < -0.4 is 5.32 Å². The fraction of sp³-hybridized carbons (Fsp3) is 0.763. The van der Waals surface area contributed by atoms with Crippen LogP contribution in [-0.4, -0.2) is 99.6 Å². The molecule has 404 valence electrons. The van der Waals surface area contributed by atoms with Crippen molar-refractivity contribution < 1.29 is 49.3 Å². The van der Waals surface area contributed by atoms with Gasteiger partial charge in [-0.2, -0.15) is 0 Å². The topological polar surface area (TPSA) is 175 Å². The van der Waals surface area contributed by atoms with E-state index >= 15 is 0 Å². The monoisotopic (exact) mass is 986 g/mol. The third-order valence-corrected chi connectivity index (χ3v) is 13.0. The summed E-state index contributed by atoms with van der Waals surface area (Å²) < 4.78 is 17.5. The number of ether oxygens (including phenoxy) is 3. The lowest BCUT2D eigenvalue weighted by Crippen LogP contribution is -2.61. The molecule has 8 atom stereocenters. The molecule has 1 aliphatic heterocycles. The molecule has 1 amide bonds. The molecule has 1 heterocycles. The number of aliphatic hydroxyl groups is 5. The van der Waals surface area contributed by atoms with Gasteiger partial charge in [-0.3, -0.25) is 9.59 Å². The first-order valence-corrected chi connectivity index (χ1v) is 28.3. The van der Waals surface area contributed by atoms with Gasteiger partial charge in [0.25, 0.3) is 0 Å². The molecule has 11 heteroatoms. The zero-order valence-electron chi connectivity index (χ0n) is 44.4. The number of allylic oxidation sites excluding steroid dienone is 11. The van der Waals surface area contributed by atoms with Gasteiger partial charge in [-0.05, 0) is 44.9 Å².